The van der Waals surface area contributed by atoms with Crippen LogP contribution >= 0.6 is 22.6 Å². The van der Waals surface area contributed by atoms with Crippen LogP contribution in [0, 0.1) is 9.52 Å². The standard InChI is InChI=1S/C7H8FIN2/c8-7-6(9)4-10-11(7)5-2-1-3-5/h4-5H,1-3H2. The molecule has 0 amide bonds. The van der Waals surface area contributed by atoms with Crippen LogP contribution in [0.15, 0.2) is 6.20 Å². The molecule has 0 spiro atoms. The molecule has 1 fully saturated rings. The Morgan fingerprint density at radius 3 is 2.73 bits per heavy atom. The van der Waals surface area contributed by atoms with Gasteiger partial charge < -0.3 is 0 Å². The third-order valence-corrected chi connectivity index (χ3v) is 2.84. The minimum atomic E-state index is -0.171. The maximum absolute atomic E-state index is 13.1. The van der Waals surface area contributed by atoms with E-state index in [1.807, 2.05) is 22.6 Å². The molecule has 1 saturated carbocycles. The average molecular weight is 266 g/mol. The summed E-state index contributed by atoms with van der Waals surface area (Å²) >= 11 is 1.96. The van der Waals surface area contributed by atoms with Crippen molar-refractivity contribution in [3.8, 4) is 0 Å². The van der Waals surface area contributed by atoms with Gasteiger partial charge in [-0.05, 0) is 41.9 Å². The first-order valence-electron chi connectivity index (χ1n) is 3.67. The van der Waals surface area contributed by atoms with E-state index in [1.54, 1.807) is 6.20 Å². The highest BCUT2D eigenvalue weighted by molar-refractivity contribution is 14.1. The molecule has 1 aromatic heterocycles. The van der Waals surface area contributed by atoms with Gasteiger partial charge in [-0.2, -0.15) is 9.49 Å². The molecule has 0 atom stereocenters. The monoisotopic (exact) mass is 266 g/mol. The number of halogens is 2. The van der Waals surface area contributed by atoms with Gasteiger partial charge in [0, 0.05) is 0 Å². The van der Waals surface area contributed by atoms with Crippen LogP contribution in [-0.4, -0.2) is 9.78 Å². The van der Waals surface area contributed by atoms with Crippen LogP contribution in [-0.2, 0) is 0 Å². The van der Waals surface area contributed by atoms with Crippen LogP contribution in [0.1, 0.15) is 25.3 Å². The quantitative estimate of drug-likeness (QED) is 0.713. The molecule has 1 aliphatic carbocycles. The first kappa shape index (κ1) is 7.52. The smallest absolute Gasteiger partial charge is 0.225 e. The van der Waals surface area contributed by atoms with Gasteiger partial charge in [0.05, 0.1) is 15.8 Å². The largest absolute Gasteiger partial charge is 0.236 e. The number of rotatable bonds is 1. The van der Waals surface area contributed by atoms with Gasteiger partial charge in [-0.1, -0.05) is 0 Å². The zero-order valence-electron chi connectivity index (χ0n) is 5.93. The van der Waals surface area contributed by atoms with E-state index in [0.29, 0.717) is 9.61 Å². The highest BCUT2D eigenvalue weighted by Crippen LogP contribution is 2.32. The Hall–Kier alpha value is -0.130. The van der Waals surface area contributed by atoms with Crippen LogP contribution in [0.4, 0.5) is 4.39 Å². The van der Waals surface area contributed by atoms with Crippen LogP contribution in [0.5, 0.6) is 0 Å². The Labute approximate surface area is 77.9 Å². The number of nitrogens with zero attached hydrogens (tertiary/aromatic N) is 2. The summed E-state index contributed by atoms with van der Waals surface area (Å²) in [4.78, 5) is 0. The van der Waals surface area contributed by atoms with Gasteiger partial charge in [-0.15, -0.1) is 0 Å². The molecular formula is C7H8FIN2. The van der Waals surface area contributed by atoms with Crippen molar-refractivity contribution in [1.82, 2.24) is 9.78 Å². The second kappa shape index (κ2) is 2.73. The van der Waals surface area contributed by atoms with E-state index in [-0.39, 0.29) is 5.95 Å². The van der Waals surface area contributed by atoms with E-state index in [2.05, 4.69) is 5.10 Å². The summed E-state index contributed by atoms with van der Waals surface area (Å²) in [6.07, 6.45) is 4.94. The van der Waals surface area contributed by atoms with Gasteiger partial charge in [-0.25, -0.2) is 4.68 Å². The third kappa shape index (κ3) is 1.17. The molecule has 0 saturated heterocycles. The minimum Gasteiger partial charge on any atom is -0.236 e. The fourth-order valence-electron chi connectivity index (χ4n) is 1.21. The number of aromatic nitrogens is 2. The molecule has 0 aromatic carbocycles. The normalized spacial score (nSPS) is 18.4. The van der Waals surface area contributed by atoms with Crippen LogP contribution in [0.25, 0.3) is 0 Å². The van der Waals surface area contributed by atoms with Crippen molar-refractivity contribution < 1.29 is 4.39 Å². The van der Waals surface area contributed by atoms with E-state index in [4.69, 9.17) is 0 Å². The van der Waals surface area contributed by atoms with Crippen molar-refractivity contribution in [3.05, 3.63) is 15.7 Å². The van der Waals surface area contributed by atoms with Gasteiger partial charge in [-0.3, -0.25) is 0 Å². The number of hydrogen-bond acceptors (Lipinski definition) is 1. The maximum atomic E-state index is 13.1. The van der Waals surface area contributed by atoms with E-state index >= 15 is 0 Å². The minimum absolute atomic E-state index is 0.171. The van der Waals surface area contributed by atoms with Crippen molar-refractivity contribution in [1.29, 1.82) is 0 Å². The predicted molar refractivity (Wildman–Crippen MR) is 47.8 cm³/mol. The first-order valence-corrected chi connectivity index (χ1v) is 4.75. The summed E-state index contributed by atoms with van der Waals surface area (Å²) in [6.45, 7) is 0. The molecular weight excluding hydrogens is 258 g/mol. The molecule has 1 aliphatic rings. The van der Waals surface area contributed by atoms with Gasteiger partial charge in [0.25, 0.3) is 0 Å². The summed E-state index contributed by atoms with van der Waals surface area (Å²) in [5.74, 6) is -0.171. The van der Waals surface area contributed by atoms with Gasteiger partial charge in [0.15, 0.2) is 0 Å². The molecule has 0 bridgehead atoms. The number of hydrogen-bond donors (Lipinski definition) is 0. The lowest BCUT2D eigenvalue weighted by Gasteiger charge is -2.25. The molecule has 60 valence electrons. The fourth-order valence-corrected chi connectivity index (χ4v) is 1.58. The van der Waals surface area contributed by atoms with Crippen molar-refractivity contribution >= 4 is 22.6 Å². The zero-order valence-corrected chi connectivity index (χ0v) is 8.08. The summed E-state index contributed by atoms with van der Waals surface area (Å²) in [7, 11) is 0. The van der Waals surface area contributed by atoms with E-state index < -0.39 is 0 Å². The van der Waals surface area contributed by atoms with E-state index in [9.17, 15) is 4.39 Å². The zero-order chi connectivity index (χ0) is 7.84. The van der Waals surface area contributed by atoms with E-state index in [1.165, 1.54) is 11.1 Å². The topological polar surface area (TPSA) is 17.8 Å². The third-order valence-electron chi connectivity index (χ3n) is 2.11. The van der Waals surface area contributed by atoms with Gasteiger partial charge in [0.2, 0.25) is 5.95 Å². The Morgan fingerprint density at radius 1 is 1.64 bits per heavy atom. The molecule has 0 aliphatic heterocycles. The van der Waals surface area contributed by atoms with Gasteiger partial charge in [0.1, 0.15) is 0 Å². The molecule has 1 aromatic rings. The summed E-state index contributed by atoms with van der Waals surface area (Å²) in [5, 5.41) is 3.97. The molecule has 2 nitrogen and oxygen atoms in total. The highest BCUT2D eigenvalue weighted by Gasteiger charge is 2.23. The molecule has 2 rings (SSSR count). The van der Waals surface area contributed by atoms with Crippen LogP contribution < -0.4 is 0 Å². The molecule has 4 heteroatoms. The Kier molecular flexibility index (Phi) is 1.86. The van der Waals surface area contributed by atoms with Crippen molar-refractivity contribution in [2.45, 2.75) is 25.3 Å². The van der Waals surface area contributed by atoms with Crippen molar-refractivity contribution in [3.63, 3.8) is 0 Å². The predicted octanol–water partition coefficient (Wildman–Crippen LogP) is 2.35. The fraction of sp³-hybridized carbons (Fsp3) is 0.571. The Morgan fingerprint density at radius 2 is 2.36 bits per heavy atom. The second-order valence-electron chi connectivity index (χ2n) is 2.81. The van der Waals surface area contributed by atoms with Crippen LogP contribution in [0.2, 0.25) is 0 Å². The molecule has 11 heavy (non-hydrogen) atoms. The lowest BCUT2D eigenvalue weighted by atomic mass is 9.93. The SMILES string of the molecule is Fc1c(I)cnn1C1CCC1. The summed E-state index contributed by atoms with van der Waals surface area (Å²) in [6, 6.07) is 0.332. The average Bonchev–Trinajstić information content (AvgIpc) is 2.15. The molecule has 0 radical (unpaired) electrons. The summed E-state index contributed by atoms with van der Waals surface area (Å²) in [5.41, 5.74) is 0. The molecule has 1 heterocycles. The van der Waals surface area contributed by atoms with Crippen molar-refractivity contribution in [2.75, 3.05) is 0 Å². The molecule has 0 unspecified atom stereocenters. The maximum Gasteiger partial charge on any atom is 0.225 e. The summed E-state index contributed by atoms with van der Waals surface area (Å²) < 4.78 is 15.3. The first-order chi connectivity index (χ1) is 5.29. The lowest BCUT2D eigenvalue weighted by molar-refractivity contribution is 0.255. The Bertz CT molecular complexity index is 267. The highest BCUT2D eigenvalue weighted by atomic mass is 127. The van der Waals surface area contributed by atoms with Crippen molar-refractivity contribution in [2.24, 2.45) is 0 Å². The second-order valence-corrected chi connectivity index (χ2v) is 3.97. The van der Waals surface area contributed by atoms with E-state index in [0.717, 1.165) is 12.8 Å². The van der Waals surface area contributed by atoms with Gasteiger partial charge >= 0.3 is 0 Å². The van der Waals surface area contributed by atoms with Crippen LogP contribution in [0.3, 0.4) is 0 Å². The molecule has 0 N–H and O–H groups in total. The lowest BCUT2D eigenvalue weighted by Crippen LogP contribution is -2.19. The Balaban J connectivity index is 2.29.